The van der Waals surface area contributed by atoms with Crippen molar-refractivity contribution < 1.29 is 9.18 Å². The van der Waals surface area contributed by atoms with Crippen molar-refractivity contribution >= 4 is 17.3 Å². The summed E-state index contributed by atoms with van der Waals surface area (Å²) < 4.78 is 13.6. The molecule has 1 N–H and O–H groups in total. The summed E-state index contributed by atoms with van der Waals surface area (Å²) in [4.78, 5) is 20.6. The van der Waals surface area contributed by atoms with Gasteiger partial charge in [0.2, 0.25) is 5.91 Å². The van der Waals surface area contributed by atoms with E-state index in [1.54, 1.807) is 6.08 Å². The number of amides is 1. The van der Waals surface area contributed by atoms with E-state index in [9.17, 15) is 9.18 Å². The minimum absolute atomic E-state index is 0.151. The van der Waals surface area contributed by atoms with Crippen LogP contribution in [0.3, 0.4) is 0 Å². The van der Waals surface area contributed by atoms with Gasteiger partial charge in [0.15, 0.2) is 5.82 Å². The highest BCUT2D eigenvalue weighted by Crippen LogP contribution is 2.36. The van der Waals surface area contributed by atoms with Crippen molar-refractivity contribution in [1.29, 1.82) is 0 Å². The zero-order chi connectivity index (χ0) is 15.7. The molecule has 0 spiro atoms. The van der Waals surface area contributed by atoms with Crippen LogP contribution in [0, 0.1) is 0 Å². The Morgan fingerprint density at radius 2 is 2.18 bits per heavy atom. The molecule has 0 fully saturated rings. The Balaban J connectivity index is 2.11. The molecule has 5 heteroatoms. The predicted molar refractivity (Wildman–Crippen MR) is 83.9 cm³/mol. The first-order valence-corrected chi connectivity index (χ1v) is 7.52. The van der Waals surface area contributed by atoms with Gasteiger partial charge in [0.05, 0.1) is 17.1 Å². The van der Waals surface area contributed by atoms with Gasteiger partial charge in [-0.3, -0.25) is 4.79 Å². The Morgan fingerprint density at radius 1 is 1.36 bits per heavy atom. The summed E-state index contributed by atoms with van der Waals surface area (Å²) in [5, 5.41) is 2.75. The van der Waals surface area contributed by atoms with Crippen molar-refractivity contribution in [3.05, 3.63) is 46.7 Å². The van der Waals surface area contributed by atoms with Gasteiger partial charge in [0.1, 0.15) is 5.83 Å². The summed E-state index contributed by atoms with van der Waals surface area (Å²) in [6, 6.07) is 0. The Hall–Kier alpha value is -2.30. The fourth-order valence-electron chi connectivity index (χ4n) is 2.88. The first-order chi connectivity index (χ1) is 10.6. The molecule has 0 atom stereocenters. The standard InChI is InChI=1S/C17H18FN3O/c1-3-14-17(19-10(2)22)21-15-8-7-11-9-12(18)5-4-6-13(11)16(15)20-14/h4-5,9H,3,6-8H2,1-2H3,(H,19,21,22). The number of rotatable bonds is 2. The highest BCUT2D eigenvalue weighted by molar-refractivity contribution is 5.88. The lowest BCUT2D eigenvalue weighted by Crippen LogP contribution is -2.16. The third kappa shape index (κ3) is 2.71. The Kier molecular flexibility index (Phi) is 3.88. The first-order valence-electron chi connectivity index (χ1n) is 7.52. The van der Waals surface area contributed by atoms with Gasteiger partial charge in [-0.15, -0.1) is 0 Å². The van der Waals surface area contributed by atoms with Crippen molar-refractivity contribution in [2.24, 2.45) is 0 Å². The van der Waals surface area contributed by atoms with E-state index in [1.807, 2.05) is 13.0 Å². The monoisotopic (exact) mass is 299 g/mol. The minimum atomic E-state index is -0.216. The van der Waals surface area contributed by atoms with Gasteiger partial charge >= 0.3 is 0 Å². The molecule has 0 bridgehead atoms. The third-order valence-electron chi connectivity index (χ3n) is 3.89. The van der Waals surface area contributed by atoms with Crippen molar-refractivity contribution in [1.82, 2.24) is 9.97 Å². The maximum Gasteiger partial charge on any atom is 0.222 e. The number of fused-ring (bicyclic) bond motifs is 2. The second-order valence-electron chi connectivity index (χ2n) is 5.49. The third-order valence-corrected chi connectivity index (χ3v) is 3.89. The van der Waals surface area contributed by atoms with Gasteiger partial charge in [0.25, 0.3) is 0 Å². The van der Waals surface area contributed by atoms with E-state index in [0.29, 0.717) is 25.1 Å². The fourth-order valence-corrected chi connectivity index (χ4v) is 2.88. The van der Waals surface area contributed by atoms with E-state index in [1.165, 1.54) is 13.0 Å². The van der Waals surface area contributed by atoms with Gasteiger partial charge < -0.3 is 5.32 Å². The Bertz CT molecular complexity index is 732. The van der Waals surface area contributed by atoms with Gasteiger partial charge in [-0.05, 0) is 49.0 Å². The van der Waals surface area contributed by atoms with Crippen molar-refractivity contribution in [2.45, 2.75) is 39.5 Å². The molecule has 22 heavy (non-hydrogen) atoms. The molecule has 2 aliphatic carbocycles. The lowest BCUT2D eigenvalue weighted by molar-refractivity contribution is -0.114. The average molecular weight is 299 g/mol. The molecule has 1 heterocycles. The number of nitrogens with zero attached hydrogens (tertiary/aromatic N) is 2. The summed E-state index contributed by atoms with van der Waals surface area (Å²) in [6.07, 6.45) is 7.70. The van der Waals surface area contributed by atoms with E-state index in [2.05, 4.69) is 10.3 Å². The quantitative estimate of drug-likeness (QED) is 0.909. The summed E-state index contributed by atoms with van der Waals surface area (Å²) in [6.45, 7) is 3.44. The second-order valence-corrected chi connectivity index (χ2v) is 5.49. The number of aromatic nitrogens is 2. The largest absolute Gasteiger partial charge is 0.309 e. The van der Waals surface area contributed by atoms with E-state index < -0.39 is 0 Å². The van der Waals surface area contributed by atoms with Crippen LogP contribution in [0.4, 0.5) is 10.2 Å². The molecule has 1 aromatic rings. The Labute approximate surface area is 128 Å². The van der Waals surface area contributed by atoms with Crippen LogP contribution in [-0.2, 0) is 17.6 Å². The molecule has 0 aliphatic heterocycles. The summed E-state index contributed by atoms with van der Waals surface area (Å²) in [5.74, 6) is 0.178. The van der Waals surface area contributed by atoms with E-state index in [-0.39, 0.29) is 11.7 Å². The molecule has 0 aromatic carbocycles. The molecule has 1 amide bonds. The molecule has 0 saturated carbocycles. The number of aryl methyl sites for hydroxylation is 2. The van der Waals surface area contributed by atoms with Crippen molar-refractivity contribution in [3.8, 4) is 0 Å². The van der Waals surface area contributed by atoms with Crippen LogP contribution in [0.5, 0.6) is 0 Å². The maximum atomic E-state index is 13.6. The highest BCUT2D eigenvalue weighted by Gasteiger charge is 2.23. The number of hydrogen-bond acceptors (Lipinski definition) is 3. The molecule has 0 saturated heterocycles. The number of allylic oxidation sites excluding steroid dienone is 6. The molecule has 0 unspecified atom stereocenters. The van der Waals surface area contributed by atoms with Crippen molar-refractivity contribution in [3.63, 3.8) is 0 Å². The fraction of sp³-hybridized carbons (Fsp3) is 0.353. The summed E-state index contributed by atoms with van der Waals surface area (Å²) in [7, 11) is 0. The van der Waals surface area contributed by atoms with Crippen LogP contribution < -0.4 is 5.32 Å². The van der Waals surface area contributed by atoms with E-state index >= 15 is 0 Å². The number of nitrogens with one attached hydrogen (secondary N) is 1. The van der Waals surface area contributed by atoms with Crippen LogP contribution in [0.2, 0.25) is 0 Å². The van der Waals surface area contributed by atoms with E-state index in [0.717, 1.165) is 34.6 Å². The lowest BCUT2D eigenvalue weighted by Gasteiger charge is -2.21. The normalized spacial score (nSPS) is 16.6. The topological polar surface area (TPSA) is 54.9 Å². The van der Waals surface area contributed by atoms with Crippen LogP contribution in [-0.4, -0.2) is 15.9 Å². The smallest absolute Gasteiger partial charge is 0.222 e. The predicted octanol–water partition coefficient (Wildman–Crippen LogP) is 3.51. The molecule has 0 radical (unpaired) electrons. The Morgan fingerprint density at radius 3 is 2.91 bits per heavy atom. The van der Waals surface area contributed by atoms with Crippen LogP contribution >= 0.6 is 0 Å². The molecule has 3 rings (SSSR count). The number of anilines is 1. The number of carbonyl (C=O) groups excluding carboxylic acids is 1. The van der Waals surface area contributed by atoms with Gasteiger partial charge in [-0.2, -0.15) is 0 Å². The average Bonchev–Trinajstić information content (AvgIpc) is 2.66. The zero-order valence-corrected chi connectivity index (χ0v) is 12.7. The van der Waals surface area contributed by atoms with Gasteiger partial charge in [0, 0.05) is 6.92 Å². The van der Waals surface area contributed by atoms with Gasteiger partial charge in [-0.25, -0.2) is 14.4 Å². The van der Waals surface area contributed by atoms with E-state index in [4.69, 9.17) is 4.98 Å². The molecule has 4 nitrogen and oxygen atoms in total. The molecule has 1 aromatic heterocycles. The zero-order valence-electron chi connectivity index (χ0n) is 12.7. The molecule has 2 aliphatic rings. The van der Waals surface area contributed by atoms with Crippen LogP contribution in [0.15, 0.2) is 29.6 Å². The SMILES string of the molecule is CCc1nc2c(nc1NC(C)=O)CCC1=C2CC=CC(F)=C1. The van der Waals surface area contributed by atoms with Gasteiger partial charge in [-0.1, -0.05) is 13.0 Å². The molecular weight excluding hydrogens is 281 g/mol. The first kappa shape index (κ1) is 14.6. The van der Waals surface area contributed by atoms with Crippen LogP contribution in [0.1, 0.15) is 43.8 Å². The number of carbonyl (C=O) groups is 1. The van der Waals surface area contributed by atoms with Crippen molar-refractivity contribution in [2.75, 3.05) is 5.32 Å². The molecule has 114 valence electrons. The molecular formula is C17H18FN3O. The summed E-state index contributed by atoms with van der Waals surface area (Å²) in [5.41, 5.74) is 4.53. The highest BCUT2D eigenvalue weighted by atomic mass is 19.1. The lowest BCUT2D eigenvalue weighted by atomic mass is 9.90. The minimum Gasteiger partial charge on any atom is -0.309 e. The number of halogens is 1. The second kappa shape index (κ2) is 5.83. The van der Waals surface area contributed by atoms with Crippen LogP contribution in [0.25, 0.3) is 5.57 Å². The maximum absolute atomic E-state index is 13.6. The summed E-state index contributed by atoms with van der Waals surface area (Å²) >= 11 is 0. The number of hydrogen-bond donors (Lipinski definition) is 1.